The zero-order valence-corrected chi connectivity index (χ0v) is 12.2. The monoisotopic (exact) mass is 263 g/mol. The summed E-state index contributed by atoms with van der Waals surface area (Å²) in [6.45, 7) is 5.72. The summed E-state index contributed by atoms with van der Waals surface area (Å²) in [7, 11) is 1.78. The lowest BCUT2D eigenvalue weighted by molar-refractivity contribution is 0.152. The predicted octanol–water partition coefficient (Wildman–Crippen LogP) is 3.16. The van der Waals surface area contributed by atoms with Crippen LogP contribution in [0, 0.1) is 5.92 Å². The summed E-state index contributed by atoms with van der Waals surface area (Å²) in [4.78, 5) is 0. The Labute approximate surface area is 116 Å². The normalized spacial score (nSPS) is 18.1. The van der Waals surface area contributed by atoms with E-state index in [-0.39, 0.29) is 0 Å². The molecule has 0 amide bonds. The van der Waals surface area contributed by atoms with E-state index in [4.69, 9.17) is 9.47 Å². The Morgan fingerprint density at radius 2 is 1.95 bits per heavy atom. The highest BCUT2D eigenvalue weighted by Crippen LogP contribution is 2.34. The van der Waals surface area contributed by atoms with Gasteiger partial charge in [-0.25, -0.2) is 0 Å². The zero-order chi connectivity index (χ0) is 13.7. The summed E-state index contributed by atoms with van der Waals surface area (Å²) >= 11 is 0. The minimum absolute atomic E-state index is 0.344. The van der Waals surface area contributed by atoms with E-state index < -0.39 is 0 Å². The second-order valence-electron chi connectivity index (χ2n) is 5.29. The quantitative estimate of drug-likeness (QED) is 0.781. The standard InChI is InChI=1S/C16H25NO2/c1-4-19-15-9-7-13(8-10-15)12(2)17-16(11-18-3)14-5-6-14/h7-10,12,14,16-17H,4-6,11H2,1-3H3. The molecule has 3 nitrogen and oxygen atoms in total. The van der Waals surface area contributed by atoms with Gasteiger partial charge in [-0.1, -0.05) is 12.1 Å². The van der Waals surface area contributed by atoms with Crippen LogP contribution >= 0.6 is 0 Å². The van der Waals surface area contributed by atoms with E-state index >= 15 is 0 Å². The summed E-state index contributed by atoms with van der Waals surface area (Å²) in [5.41, 5.74) is 1.30. The van der Waals surface area contributed by atoms with E-state index in [2.05, 4.69) is 24.4 Å². The van der Waals surface area contributed by atoms with E-state index in [1.165, 1.54) is 18.4 Å². The van der Waals surface area contributed by atoms with Crippen LogP contribution in [0.4, 0.5) is 0 Å². The van der Waals surface area contributed by atoms with Gasteiger partial charge in [-0.15, -0.1) is 0 Å². The average molecular weight is 263 g/mol. The molecule has 2 unspecified atom stereocenters. The van der Waals surface area contributed by atoms with Crippen LogP contribution in [0.3, 0.4) is 0 Å². The fourth-order valence-corrected chi connectivity index (χ4v) is 2.44. The molecule has 0 heterocycles. The highest BCUT2D eigenvalue weighted by atomic mass is 16.5. The summed E-state index contributed by atoms with van der Waals surface area (Å²) in [6.07, 6.45) is 2.66. The van der Waals surface area contributed by atoms with Gasteiger partial charge in [-0.05, 0) is 50.3 Å². The number of hydrogen-bond acceptors (Lipinski definition) is 3. The fraction of sp³-hybridized carbons (Fsp3) is 0.625. The van der Waals surface area contributed by atoms with E-state index in [0.29, 0.717) is 18.7 Å². The first-order chi connectivity index (χ1) is 9.24. The molecular formula is C16H25NO2. The van der Waals surface area contributed by atoms with Crippen LogP contribution < -0.4 is 10.1 Å². The van der Waals surface area contributed by atoms with Crippen molar-refractivity contribution in [3.63, 3.8) is 0 Å². The molecule has 1 aliphatic carbocycles. The molecule has 1 aromatic carbocycles. The minimum atomic E-state index is 0.344. The van der Waals surface area contributed by atoms with Crippen molar-refractivity contribution in [3.05, 3.63) is 29.8 Å². The van der Waals surface area contributed by atoms with E-state index in [1.807, 2.05) is 19.1 Å². The summed E-state index contributed by atoms with van der Waals surface area (Å²) in [5, 5.41) is 3.68. The van der Waals surface area contributed by atoms with Gasteiger partial charge in [0.2, 0.25) is 0 Å². The van der Waals surface area contributed by atoms with E-state index in [9.17, 15) is 0 Å². The molecule has 19 heavy (non-hydrogen) atoms. The number of nitrogens with one attached hydrogen (secondary N) is 1. The topological polar surface area (TPSA) is 30.5 Å². The molecule has 1 aromatic rings. The third kappa shape index (κ3) is 4.22. The van der Waals surface area contributed by atoms with Crippen molar-refractivity contribution in [1.29, 1.82) is 0 Å². The van der Waals surface area contributed by atoms with Gasteiger partial charge in [-0.2, -0.15) is 0 Å². The second-order valence-corrected chi connectivity index (χ2v) is 5.29. The molecular weight excluding hydrogens is 238 g/mol. The van der Waals surface area contributed by atoms with Gasteiger partial charge in [-0.3, -0.25) is 0 Å². The molecule has 1 N–H and O–H groups in total. The maximum atomic E-state index is 5.47. The maximum Gasteiger partial charge on any atom is 0.119 e. The number of hydrogen-bond donors (Lipinski definition) is 1. The molecule has 3 heteroatoms. The SMILES string of the molecule is CCOc1ccc(C(C)NC(COC)C2CC2)cc1. The lowest BCUT2D eigenvalue weighted by Crippen LogP contribution is -2.36. The Balaban J connectivity index is 1.92. The number of ether oxygens (including phenoxy) is 2. The molecule has 0 bridgehead atoms. The first kappa shape index (κ1) is 14.4. The van der Waals surface area contributed by atoms with Crippen LogP contribution in [0.15, 0.2) is 24.3 Å². The lowest BCUT2D eigenvalue weighted by Gasteiger charge is -2.23. The number of benzene rings is 1. The van der Waals surface area contributed by atoms with Crippen LogP contribution in [0.5, 0.6) is 5.75 Å². The molecule has 0 spiro atoms. The van der Waals surface area contributed by atoms with Crippen molar-refractivity contribution in [2.45, 2.75) is 38.8 Å². The summed E-state index contributed by atoms with van der Waals surface area (Å²) in [6, 6.07) is 9.18. The predicted molar refractivity (Wildman–Crippen MR) is 77.5 cm³/mol. The van der Waals surface area contributed by atoms with Crippen molar-refractivity contribution in [2.75, 3.05) is 20.3 Å². The largest absolute Gasteiger partial charge is 0.494 e. The number of rotatable bonds is 8. The van der Waals surface area contributed by atoms with Gasteiger partial charge in [0, 0.05) is 19.2 Å². The molecule has 0 aliphatic heterocycles. The van der Waals surface area contributed by atoms with Crippen molar-refractivity contribution < 1.29 is 9.47 Å². The van der Waals surface area contributed by atoms with Crippen LogP contribution in [-0.2, 0) is 4.74 Å². The Hall–Kier alpha value is -1.06. The Bertz CT molecular complexity index is 373. The molecule has 2 atom stereocenters. The van der Waals surface area contributed by atoms with Gasteiger partial charge in [0.1, 0.15) is 5.75 Å². The molecule has 1 saturated carbocycles. The fourth-order valence-electron chi connectivity index (χ4n) is 2.44. The first-order valence-corrected chi connectivity index (χ1v) is 7.22. The van der Waals surface area contributed by atoms with Gasteiger partial charge in [0.05, 0.1) is 13.2 Å². The van der Waals surface area contributed by atoms with Crippen molar-refractivity contribution in [2.24, 2.45) is 5.92 Å². The molecule has 1 aliphatic rings. The zero-order valence-electron chi connectivity index (χ0n) is 12.2. The average Bonchev–Trinajstić information content (AvgIpc) is 3.24. The minimum Gasteiger partial charge on any atom is -0.494 e. The Kier molecular flexibility index (Phi) is 5.23. The van der Waals surface area contributed by atoms with Crippen molar-refractivity contribution in [1.82, 2.24) is 5.32 Å². The lowest BCUT2D eigenvalue weighted by atomic mass is 10.1. The molecule has 0 saturated heterocycles. The van der Waals surface area contributed by atoms with Crippen molar-refractivity contribution in [3.8, 4) is 5.75 Å². The molecule has 106 valence electrons. The van der Waals surface area contributed by atoms with Crippen LogP contribution in [0.1, 0.15) is 38.3 Å². The maximum absolute atomic E-state index is 5.47. The van der Waals surface area contributed by atoms with Gasteiger partial charge in [0.25, 0.3) is 0 Å². The third-order valence-electron chi connectivity index (χ3n) is 3.69. The highest BCUT2D eigenvalue weighted by molar-refractivity contribution is 5.29. The van der Waals surface area contributed by atoms with Crippen LogP contribution in [-0.4, -0.2) is 26.4 Å². The first-order valence-electron chi connectivity index (χ1n) is 7.22. The Morgan fingerprint density at radius 3 is 2.47 bits per heavy atom. The highest BCUT2D eigenvalue weighted by Gasteiger charge is 2.31. The summed E-state index contributed by atoms with van der Waals surface area (Å²) in [5.74, 6) is 1.74. The van der Waals surface area contributed by atoms with Gasteiger partial charge < -0.3 is 14.8 Å². The van der Waals surface area contributed by atoms with Crippen LogP contribution in [0.25, 0.3) is 0 Å². The van der Waals surface area contributed by atoms with Gasteiger partial charge >= 0.3 is 0 Å². The summed E-state index contributed by atoms with van der Waals surface area (Å²) < 4.78 is 10.8. The molecule has 0 aromatic heterocycles. The molecule has 2 rings (SSSR count). The molecule has 1 fully saturated rings. The van der Waals surface area contributed by atoms with Crippen molar-refractivity contribution >= 4 is 0 Å². The number of methoxy groups -OCH3 is 1. The van der Waals surface area contributed by atoms with E-state index in [1.54, 1.807) is 7.11 Å². The van der Waals surface area contributed by atoms with Crippen LogP contribution in [0.2, 0.25) is 0 Å². The van der Waals surface area contributed by atoms with Gasteiger partial charge in [0.15, 0.2) is 0 Å². The third-order valence-corrected chi connectivity index (χ3v) is 3.69. The Morgan fingerprint density at radius 1 is 1.26 bits per heavy atom. The molecule has 0 radical (unpaired) electrons. The van der Waals surface area contributed by atoms with E-state index in [0.717, 1.165) is 18.3 Å². The smallest absolute Gasteiger partial charge is 0.119 e. The second kappa shape index (κ2) is 6.92.